The third kappa shape index (κ3) is 9.53. The summed E-state index contributed by atoms with van der Waals surface area (Å²) in [7, 11) is 2.59. The topological polar surface area (TPSA) is 26.1 Å². The highest BCUT2D eigenvalue weighted by Gasteiger charge is 2.36. The molecule has 0 aliphatic heterocycles. The molecule has 0 saturated heterocycles. The molecule has 0 radical (unpaired) electrons. The van der Waals surface area contributed by atoms with E-state index in [4.69, 9.17) is 15.6 Å². The molecule has 214 valence electrons. The summed E-state index contributed by atoms with van der Waals surface area (Å²) in [5, 5.41) is 0. The Hall–Kier alpha value is -1.49. The van der Waals surface area contributed by atoms with Crippen molar-refractivity contribution in [3.63, 3.8) is 0 Å². The van der Waals surface area contributed by atoms with Gasteiger partial charge in [-0.05, 0) is 44.4 Å². The molecular formula is C32H41N2O2PS3. The van der Waals surface area contributed by atoms with Crippen molar-refractivity contribution in [1.29, 1.82) is 0 Å². The molecule has 0 saturated carbocycles. The van der Waals surface area contributed by atoms with Gasteiger partial charge >= 0.3 is 0 Å². The molecule has 0 amide bonds. The van der Waals surface area contributed by atoms with Crippen LogP contribution in [0.1, 0.15) is 44.4 Å². The van der Waals surface area contributed by atoms with E-state index in [-0.39, 0.29) is 4.75 Å². The van der Waals surface area contributed by atoms with Crippen molar-refractivity contribution in [2.45, 2.75) is 44.5 Å². The molecule has 4 nitrogen and oxygen atoms in total. The van der Waals surface area contributed by atoms with E-state index in [1.165, 1.54) is 16.7 Å². The Bertz CT molecular complexity index is 1030. The average Bonchev–Trinajstić information content (AvgIpc) is 2.97. The summed E-state index contributed by atoms with van der Waals surface area (Å²) in [6.45, 7) is 17.1. The fourth-order valence-electron chi connectivity index (χ4n) is 4.57. The number of hydrogen-bond acceptors (Lipinski definition) is 6. The van der Waals surface area contributed by atoms with Crippen molar-refractivity contribution in [3.8, 4) is 0 Å². The standard InChI is InChI=1S/C32H41N2O2PS3/c1-27(2)34(28(3)4)37(35-22-21-33-5)36-23-24-39-40-26-25-38-32(29-15-9-6-10-16-29,30-17-11-7-12-18-30)31-19-13-8-14-20-31/h6-20,27-28H,21-26H2,1-4H3. The smallest absolute Gasteiger partial charge is 0.259 e. The summed E-state index contributed by atoms with van der Waals surface area (Å²) in [4.78, 5) is 3.42. The molecule has 1 atom stereocenters. The summed E-state index contributed by atoms with van der Waals surface area (Å²) in [6.07, 6.45) is 0. The van der Waals surface area contributed by atoms with E-state index >= 15 is 0 Å². The second kappa shape index (κ2) is 18.1. The zero-order valence-corrected chi connectivity index (χ0v) is 27.3. The Labute approximate surface area is 255 Å². The molecule has 0 aliphatic carbocycles. The average molecular weight is 613 g/mol. The Morgan fingerprint density at radius 3 is 1.60 bits per heavy atom. The molecule has 0 heterocycles. The molecule has 0 fully saturated rings. The first-order valence-electron chi connectivity index (χ1n) is 13.7. The summed E-state index contributed by atoms with van der Waals surface area (Å²) in [5.74, 6) is 2.94. The van der Waals surface area contributed by atoms with Crippen molar-refractivity contribution in [2.24, 2.45) is 0 Å². The largest absolute Gasteiger partial charge is 0.321 e. The molecule has 1 unspecified atom stereocenters. The van der Waals surface area contributed by atoms with Crippen molar-refractivity contribution < 1.29 is 9.05 Å². The Morgan fingerprint density at radius 1 is 0.700 bits per heavy atom. The van der Waals surface area contributed by atoms with E-state index in [2.05, 4.69) is 128 Å². The molecule has 3 rings (SSSR count). The van der Waals surface area contributed by atoms with Crippen LogP contribution in [0.15, 0.2) is 91.0 Å². The highest BCUT2D eigenvalue weighted by Crippen LogP contribution is 2.49. The summed E-state index contributed by atoms with van der Waals surface area (Å²) >= 11 is 2.01. The van der Waals surface area contributed by atoms with Gasteiger partial charge in [0.1, 0.15) is 6.61 Å². The summed E-state index contributed by atoms with van der Waals surface area (Å²) in [5.41, 5.74) is 3.90. The van der Waals surface area contributed by atoms with Crippen molar-refractivity contribution in [2.75, 3.05) is 37.0 Å². The minimum Gasteiger partial charge on any atom is -0.321 e. The normalized spacial score (nSPS) is 12.7. The fourth-order valence-corrected chi connectivity index (χ4v) is 10.0. The molecule has 0 aromatic heterocycles. The maximum Gasteiger partial charge on any atom is 0.259 e. The van der Waals surface area contributed by atoms with Crippen LogP contribution in [0.3, 0.4) is 0 Å². The van der Waals surface area contributed by atoms with Gasteiger partial charge in [0.2, 0.25) is 6.54 Å². The number of nitrogens with zero attached hydrogens (tertiary/aromatic N) is 2. The van der Waals surface area contributed by atoms with Crippen LogP contribution >= 0.6 is 41.9 Å². The molecular weight excluding hydrogens is 572 g/mol. The minimum absolute atomic E-state index is 0.270. The lowest BCUT2D eigenvalue weighted by Crippen LogP contribution is -2.34. The summed E-state index contributed by atoms with van der Waals surface area (Å²) in [6, 6.07) is 33.3. The predicted octanol–water partition coefficient (Wildman–Crippen LogP) is 9.39. The third-order valence-electron chi connectivity index (χ3n) is 6.13. The van der Waals surface area contributed by atoms with E-state index in [9.17, 15) is 0 Å². The monoisotopic (exact) mass is 612 g/mol. The van der Waals surface area contributed by atoms with Crippen LogP contribution in [0.5, 0.6) is 0 Å². The van der Waals surface area contributed by atoms with Crippen molar-refractivity contribution in [3.05, 3.63) is 119 Å². The molecule has 0 aliphatic rings. The third-order valence-corrected chi connectivity index (χ3v) is 12.4. The van der Waals surface area contributed by atoms with Crippen molar-refractivity contribution in [1.82, 2.24) is 4.67 Å². The van der Waals surface area contributed by atoms with E-state index in [1.54, 1.807) is 0 Å². The maximum atomic E-state index is 7.05. The summed E-state index contributed by atoms with van der Waals surface area (Å²) < 4.78 is 14.3. The fraction of sp³-hybridized carbons (Fsp3) is 0.406. The van der Waals surface area contributed by atoms with Crippen LogP contribution in [-0.2, 0) is 13.8 Å². The van der Waals surface area contributed by atoms with Crippen LogP contribution in [0.4, 0.5) is 0 Å². The van der Waals surface area contributed by atoms with Crippen LogP contribution in [0, 0.1) is 6.57 Å². The van der Waals surface area contributed by atoms with E-state index < -0.39 is 8.53 Å². The predicted molar refractivity (Wildman–Crippen MR) is 179 cm³/mol. The Morgan fingerprint density at radius 2 is 1.15 bits per heavy atom. The number of rotatable bonds is 18. The first-order valence-corrected chi connectivity index (χ1v) is 18.3. The van der Waals surface area contributed by atoms with Crippen LogP contribution in [-0.4, -0.2) is 53.8 Å². The van der Waals surface area contributed by atoms with Crippen LogP contribution in [0.2, 0.25) is 0 Å². The second-order valence-electron chi connectivity index (χ2n) is 9.63. The van der Waals surface area contributed by atoms with E-state index in [0.29, 0.717) is 31.8 Å². The quantitative estimate of drug-likeness (QED) is 0.0467. The van der Waals surface area contributed by atoms with Gasteiger partial charge in [-0.3, -0.25) is 0 Å². The van der Waals surface area contributed by atoms with Crippen molar-refractivity contribution >= 4 is 41.9 Å². The van der Waals surface area contributed by atoms with Gasteiger partial charge < -0.3 is 13.9 Å². The van der Waals surface area contributed by atoms with Gasteiger partial charge in [0.25, 0.3) is 8.53 Å². The number of benzene rings is 3. The zero-order chi connectivity index (χ0) is 28.6. The van der Waals surface area contributed by atoms with Crippen LogP contribution in [0.25, 0.3) is 4.85 Å². The number of hydrogen-bond donors (Lipinski definition) is 0. The molecule has 0 spiro atoms. The van der Waals surface area contributed by atoms with Crippen LogP contribution < -0.4 is 0 Å². The van der Waals surface area contributed by atoms with Gasteiger partial charge in [-0.15, -0.1) is 11.8 Å². The second-order valence-corrected chi connectivity index (χ2v) is 15.1. The van der Waals surface area contributed by atoms with Gasteiger partial charge in [-0.2, -0.15) is 0 Å². The Kier molecular flexibility index (Phi) is 15.0. The van der Waals surface area contributed by atoms with E-state index in [0.717, 1.165) is 17.3 Å². The molecule has 0 N–H and O–H groups in total. The molecule has 3 aromatic carbocycles. The molecule has 40 heavy (non-hydrogen) atoms. The highest BCUT2D eigenvalue weighted by atomic mass is 33.1. The van der Waals surface area contributed by atoms with E-state index in [1.807, 2.05) is 33.3 Å². The van der Waals surface area contributed by atoms with Gasteiger partial charge in [0, 0.05) is 29.3 Å². The minimum atomic E-state index is -1.17. The SMILES string of the molecule is [C-]#[N+]CCOP(OCCSSCCSC(c1ccccc1)(c1ccccc1)c1ccccc1)N(C(C)C)C(C)C. The zero-order valence-electron chi connectivity index (χ0n) is 23.9. The molecule has 0 bridgehead atoms. The maximum absolute atomic E-state index is 7.05. The van der Waals surface area contributed by atoms with Gasteiger partial charge in [0.05, 0.1) is 11.4 Å². The van der Waals surface area contributed by atoms with Gasteiger partial charge in [-0.1, -0.05) is 113 Å². The first kappa shape index (κ1) is 33.0. The van der Waals surface area contributed by atoms with Gasteiger partial charge in [0.15, 0.2) is 0 Å². The lowest BCUT2D eigenvalue weighted by Gasteiger charge is -2.35. The molecule has 3 aromatic rings. The van der Waals surface area contributed by atoms with Gasteiger partial charge in [-0.25, -0.2) is 11.2 Å². The lowest BCUT2D eigenvalue weighted by atomic mass is 9.84. The lowest BCUT2D eigenvalue weighted by molar-refractivity contribution is 0.185. The first-order chi connectivity index (χ1) is 19.5. The number of thioether (sulfide) groups is 1. The highest BCUT2D eigenvalue weighted by molar-refractivity contribution is 8.76. The molecule has 8 heteroatoms. The Balaban J connectivity index is 1.59.